The molecule has 2 aromatic rings. The highest BCUT2D eigenvalue weighted by molar-refractivity contribution is 5.75. The zero-order chi connectivity index (χ0) is 19.2. The van der Waals surface area contributed by atoms with E-state index in [-0.39, 0.29) is 18.1 Å². The van der Waals surface area contributed by atoms with Crippen molar-refractivity contribution >= 4 is 6.03 Å². The van der Waals surface area contributed by atoms with Crippen molar-refractivity contribution in [2.24, 2.45) is 0 Å². The number of fused-ring (bicyclic) bond motifs is 1. The van der Waals surface area contributed by atoms with Crippen LogP contribution in [0.1, 0.15) is 44.0 Å². The smallest absolute Gasteiger partial charge is 0.315 e. The van der Waals surface area contributed by atoms with E-state index in [1.807, 2.05) is 63.2 Å². The number of benzene rings is 2. The minimum Gasteiger partial charge on any atom is -0.494 e. The molecule has 0 radical (unpaired) electrons. The summed E-state index contributed by atoms with van der Waals surface area (Å²) < 4.78 is 16.6. The first-order valence-electron chi connectivity index (χ1n) is 9.26. The van der Waals surface area contributed by atoms with Gasteiger partial charge < -0.3 is 24.8 Å². The van der Waals surface area contributed by atoms with Gasteiger partial charge in [0.25, 0.3) is 0 Å². The lowest BCUT2D eigenvalue weighted by Crippen LogP contribution is -2.38. The Morgan fingerprint density at radius 1 is 0.963 bits per heavy atom. The van der Waals surface area contributed by atoms with Gasteiger partial charge in [0, 0.05) is 0 Å². The van der Waals surface area contributed by atoms with Crippen LogP contribution in [0.4, 0.5) is 4.79 Å². The zero-order valence-electron chi connectivity index (χ0n) is 16.0. The van der Waals surface area contributed by atoms with Crippen molar-refractivity contribution in [2.75, 3.05) is 19.8 Å². The highest BCUT2D eigenvalue weighted by Crippen LogP contribution is 2.32. The van der Waals surface area contributed by atoms with Gasteiger partial charge in [-0.25, -0.2) is 4.79 Å². The number of nitrogens with one attached hydrogen (secondary N) is 2. The molecular formula is C21H26N2O4. The quantitative estimate of drug-likeness (QED) is 0.807. The van der Waals surface area contributed by atoms with Gasteiger partial charge in [0.05, 0.1) is 18.7 Å². The Hall–Kier alpha value is -2.89. The van der Waals surface area contributed by atoms with Crippen LogP contribution in [-0.4, -0.2) is 25.9 Å². The van der Waals surface area contributed by atoms with Crippen LogP contribution in [0.25, 0.3) is 0 Å². The second-order valence-corrected chi connectivity index (χ2v) is 6.47. The summed E-state index contributed by atoms with van der Waals surface area (Å²) in [6.07, 6.45) is 0. The van der Waals surface area contributed by atoms with Gasteiger partial charge in [0.1, 0.15) is 19.0 Å². The molecule has 6 heteroatoms. The number of hydrogen-bond donors (Lipinski definition) is 2. The Morgan fingerprint density at radius 3 is 2.22 bits per heavy atom. The molecule has 0 aliphatic carbocycles. The summed E-state index contributed by atoms with van der Waals surface area (Å²) in [6, 6.07) is 13.0. The summed E-state index contributed by atoms with van der Waals surface area (Å²) in [5, 5.41) is 5.93. The van der Waals surface area contributed by atoms with E-state index in [1.165, 1.54) is 0 Å². The van der Waals surface area contributed by atoms with E-state index in [0.717, 1.165) is 28.4 Å². The van der Waals surface area contributed by atoms with E-state index in [9.17, 15) is 4.79 Å². The number of rotatable bonds is 6. The molecule has 0 bridgehead atoms. The van der Waals surface area contributed by atoms with Gasteiger partial charge in [-0.3, -0.25) is 0 Å². The fraction of sp³-hybridized carbons (Fsp3) is 0.381. The van der Waals surface area contributed by atoms with Crippen molar-refractivity contribution in [1.29, 1.82) is 0 Å². The molecule has 3 rings (SSSR count). The highest BCUT2D eigenvalue weighted by atomic mass is 16.6. The normalized spacial score (nSPS) is 14.8. The molecule has 27 heavy (non-hydrogen) atoms. The summed E-state index contributed by atoms with van der Waals surface area (Å²) in [7, 11) is 0. The summed E-state index contributed by atoms with van der Waals surface area (Å²) >= 11 is 0. The summed E-state index contributed by atoms with van der Waals surface area (Å²) in [6.45, 7) is 7.57. The van der Waals surface area contributed by atoms with Crippen LogP contribution >= 0.6 is 0 Å². The van der Waals surface area contributed by atoms with E-state index in [1.54, 1.807) is 0 Å². The van der Waals surface area contributed by atoms with Crippen molar-refractivity contribution in [3.8, 4) is 17.2 Å². The molecule has 0 fully saturated rings. The third-order valence-corrected chi connectivity index (χ3v) is 4.45. The molecule has 0 aromatic heterocycles. The molecule has 1 heterocycles. The summed E-state index contributed by atoms with van der Waals surface area (Å²) in [5.41, 5.74) is 1.98. The van der Waals surface area contributed by atoms with Gasteiger partial charge in [-0.15, -0.1) is 0 Å². The number of carbonyl (C=O) groups excluding carboxylic acids is 1. The molecule has 0 spiro atoms. The van der Waals surface area contributed by atoms with Crippen LogP contribution in [0.5, 0.6) is 17.2 Å². The fourth-order valence-corrected chi connectivity index (χ4v) is 2.95. The van der Waals surface area contributed by atoms with Crippen molar-refractivity contribution in [2.45, 2.75) is 32.9 Å². The number of urea groups is 1. The zero-order valence-corrected chi connectivity index (χ0v) is 16.0. The molecule has 1 aliphatic rings. The van der Waals surface area contributed by atoms with Crippen molar-refractivity contribution in [3.63, 3.8) is 0 Å². The maximum absolute atomic E-state index is 12.4. The molecule has 2 amide bonds. The summed E-state index contributed by atoms with van der Waals surface area (Å²) in [5.74, 6) is 2.28. The maximum atomic E-state index is 12.4. The Kier molecular flexibility index (Phi) is 6.06. The van der Waals surface area contributed by atoms with E-state index in [4.69, 9.17) is 14.2 Å². The second kappa shape index (κ2) is 8.66. The SMILES string of the molecule is CCOc1ccc(C(C)NC(=O)NC(C)c2ccc3c(c2)OCCO3)cc1. The first kappa shape index (κ1) is 18.9. The summed E-state index contributed by atoms with van der Waals surface area (Å²) in [4.78, 5) is 12.4. The third-order valence-electron chi connectivity index (χ3n) is 4.45. The van der Waals surface area contributed by atoms with Gasteiger partial charge in [-0.05, 0) is 56.2 Å². The van der Waals surface area contributed by atoms with Gasteiger partial charge >= 0.3 is 6.03 Å². The second-order valence-electron chi connectivity index (χ2n) is 6.47. The number of carbonyl (C=O) groups is 1. The first-order valence-corrected chi connectivity index (χ1v) is 9.26. The predicted molar refractivity (Wildman–Crippen MR) is 104 cm³/mol. The maximum Gasteiger partial charge on any atom is 0.315 e. The molecule has 2 aromatic carbocycles. The Balaban J connectivity index is 1.56. The van der Waals surface area contributed by atoms with E-state index >= 15 is 0 Å². The Morgan fingerprint density at radius 2 is 1.56 bits per heavy atom. The first-order chi connectivity index (χ1) is 13.1. The standard InChI is InChI=1S/C21H26N2O4/c1-4-25-18-8-5-16(6-9-18)14(2)22-21(24)23-15(3)17-7-10-19-20(13-17)27-12-11-26-19/h5-10,13-15H,4,11-12H2,1-3H3,(H2,22,23,24). The third kappa shape index (κ3) is 4.84. The Labute approximate surface area is 159 Å². The van der Waals surface area contributed by atoms with Crippen LogP contribution in [-0.2, 0) is 0 Å². The molecule has 6 nitrogen and oxygen atoms in total. The van der Waals surface area contributed by atoms with Crippen LogP contribution in [0, 0.1) is 0 Å². The van der Waals surface area contributed by atoms with Crippen molar-refractivity contribution in [1.82, 2.24) is 10.6 Å². The Bertz CT molecular complexity index is 776. The van der Waals surface area contributed by atoms with Crippen molar-refractivity contribution < 1.29 is 19.0 Å². The predicted octanol–water partition coefficient (Wildman–Crippen LogP) is 3.98. The monoisotopic (exact) mass is 370 g/mol. The van der Waals surface area contributed by atoms with Gasteiger partial charge in [0.15, 0.2) is 11.5 Å². The molecule has 0 saturated heterocycles. The largest absolute Gasteiger partial charge is 0.494 e. The highest BCUT2D eigenvalue weighted by Gasteiger charge is 2.17. The van der Waals surface area contributed by atoms with E-state index < -0.39 is 0 Å². The average molecular weight is 370 g/mol. The number of amides is 2. The van der Waals surface area contributed by atoms with Gasteiger partial charge in [0.2, 0.25) is 0 Å². The minimum atomic E-state index is -0.223. The lowest BCUT2D eigenvalue weighted by atomic mass is 10.1. The molecule has 0 saturated carbocycles. The van der Waals surface area contributed by atoms with Crippen molar-refractivity contribution in [3.05, 3.63) is 53.6 Å². The van der Waals surface area contributed by atoms with Crippen LogP contribution < -0.4 is 24.8 Å². The average Bonchev–Trinajstić information content (AvgIpc) is 2.68. The van der Waals surface area contributed by atoms with E-state index in [2.05, 4.69) is 10.6 Å². The minimum absolute atomic E-state index is 0.117. The van der Waals surface area contributed by atoms with E-state index in [0.29, 0.717) is 19.8 Å². The van der Waals surface area contributed by atoms with Crippen LogP contribution in [0.3, 0.4) is 0 Å². The molecule has 144 valence electrons. The van der Waals surface area contributed by atoms with Gasteiger partial charge in [-0.2, -0.15) is 0 Å². The molecule has 2 N–H and O–H groups in total. The van der Waals surface area contributed by atoms with Crippen LogP contribution in [0.2, 0.25) is 0 Å². The molecular weight excluding hydrogens is 344 g/mol. The lowest BCUT2D eigenvalue weighted by Gasteiger charge is -2.22. The van der Waals surface area contributed by atoms with Crippen LogP contribution in [0.15, 0.2) is 42.5 Å². The fourth-order valence-electron chi connectivity index (χ4n) is 2.95. The molecule has 2 unspecified atom stereocenters. The number of hydrogen-bond acceptors (Lipinski definition) is 4. The van der Waals surface area contributed by atoms with Gasteiger partial charge in [-0.1, -0.05) is 18.2 Å². The topological polar surface area (TPSA) is 68.8 Å². The number of ether oxygens (including phenoxy) is 3. The lowest BCUT2D eigenvalue weighted by molar-refractivity contribution is 0.171. The molecule has 2 atom stereocenters. The molecule has 1 aliphatic heterocycles.